The van der Waals surface area contributed by atoms with Crippen LogP contribution in [0.5, 0.6) is 0 Å². The number of urea groups is 1. The third-order valence-corrected chi connectivity index (χ3v) is 3.32. The van der Waals surface area contributed by atoms with Crippen LogP contribution in [0.3, 0.4) is 0 Å². The number of anilines is 1. The minimum atomic E-state index is -0.765. The third-order valence-electron chi connectivity index (χ3n) is 3.32. The van der Waals surface area contributed by atoms with E-state index < -0.39 is 5.97 Å². The Morgan fingerprint density at radius 1 is 1.47 bits per heavy atom. The molecule has 1 aromatic rings. The first-order valence-corrected chi connectivity index (χ1v) is 6.31. The van der Waals surface area contributed by atoms with Crippen molar-refractivity contribution in [1.82, 2.24) is 14.7 Å². The molecule has 19 heavy (non-hydrogen) atoms. The number of nitrogens with zero attached hydrogens (tertiary/aromatic N) is 3. The van der Waals surface area contributed by atoms with E-state index in [-0.39, 0.29) is 18.4 Å². The number of rotatable bonds is 3. The molecule has 1 aliphatic rings. The summed E-state index contributed by atoms with van der Waals surface area (Å²) < 4.78 is 1.62. The minimum absolute atomic E-state index is 0.151. The Balaban J connectivity index is 1.80. The van der Waals surface area contributed by atoms with Crippen molar-refractivity contribution in [3.05, 3.63) is 12.4 Å². The summed E-state index contributed by atoms with van der Waals surface area (Å²) in [5, 5.41) is 15.5. The number of nitrogens with one attached hydrogen (secondary N) is 1. The van der Waals surface area contributed by atoms with Gasteiger partial charge in [0.05, 0.1) is 11.9 Å². The van der Waals surface area contributed by atoms with E-state index in [9.17, 15) is 9.59 Å². The van der Waals surface area contributed by atoms with Crippen molar-refractivity contribution in [3.8, 4) is 0 Å². The van der Waals surface area contributed by atoms with E-state index in [1.165, 1.54) is 0 Å². The number of carbonyl (C=O) groups excluding carboxylic acids is 1. The van der Waals surface area contributed by atoms with E-state index in [4.69, 9.17) is 5.11 Å². The first-order chi connectivity index (χ1) is 9.04. The molecule has 2 heterocycles. The quantitative estimate of drug-likeness (QED) is 0.858. The summed E-state index contributed by atoms with van der Waals surface area (Å²) in [5.41, 5.74) is 0.667. The fourth-order valence-corrected chi connectivity index (χ4v) is 2.28. The van der Waals surface area contributed by atoms with Gasteiger partial charge in [0.2, 0.25) is 0 Å². The molecule has 2 rings (SSSR count). The van der Waals surface area contributed by atoms with Crippen LogP contribution in [0.25, 0.3) is 0 Å². The molecule has 2 N–H and O–H groups in total. The van der Waals surface area contributed by atoms with Crippen LogP contribution in [0.1, 0.15) is 19.3 Å². The normalized spacial score (nSPS) is 16.4. The van der Waals surface area contributed by atoms with Gasteiger partial charge in [0.1, 0.15) is 0 Å². The highest BCUT2D eigenvalue weighted by Crippen LogP contribution is 2.21. The Labute approximate surface area is 111 Å². The van der Waals surface area contributed by atoms with Crippen LogP contribution >= 0.6 is 0 Å². The van der Waals surface area contributed by atoms with Gasteiger partial charge >= 0.3 is 12.0 Å². The zero-order valence-electron chi connectivity index (χ0n) is 10.9. The number of hydrogen-bond acceptors (Lipinski definition) is 3. The predicted molar refractivity (Wildman–Crippen MR) is 68.8 cm³/mol. The van der Waals surface area contributed by atoms with Crippen LogP contribution in [-0.4, -0.2) is 44.9 Å². The molecule has 0 radical (unpaired) electrons. The van der Waals surface area contributed by atoms with Gasteiger partial charge in [-0.25, -0.2) is 4.79 Å². The number of carboxylic acids is 1. The highest BCUT2D eigenvalue weighted by Gasteiger charge is 2.24. The number of carbonyl (C=O) groups is 2. The maximum absolute atomic E-state index is 12.0. The van der Waals surface area contributed by atoms with Gasteiger partial charge in [-0.1, -0.05) is 0 Å². The zero-order chi connectivity index (χ0) is 13.8. The zero-order valence-corrected chi connectivity index (χ0v) is 10.9. The summed E-state index contributed by atoms with van der Waals surface area (Å²) in [4.78, 5) is 24.3. The van der Waals surface area contributed by atoms with E-state index in [2.05, 4.69) is 10.4 Å². The SMILES string of the molecule is Cn1cc(NC(=O)N2CCC(CC(=O)O)CC2)cn1. The fraction of sp³-hybridized carbons (Fsp3) is 0.583. The lowest BCUT2D eigenvalue weighted by atomic mass is 9.94. The summed E-state index contributed by atoms with van der Waals surface area (Å²) in [6, 6.07) is -0.151. The van der Waals surface area contributed by atoms with Gasteiger partial charge < -0.3 is 15.3 Å². The van der Waals surface area contributed by atoms with Crippen molar-refractivity contribution >= 4 is 17.7 Å². The maximum Gasteiger partial charge on any atom is 0.321 e. The van der Waals surface area contributed by atoms with E-state index >= 15 is 0 Å². The lowest BCUT2D eigenvalue weighted by Crippen LogP contribution is -2.41. The van der Waals surface area contributed by atoms with Crippen molar-refractivity contribution in [1.29, 1.82) is 0 Å². The third kappa shape index (κ3) is 3.70. The Bertz CT molecular complexity index is 463. The first kappa shape index (κ1) is 13.4. The Kier molecular flexibility index (Phi) is 4.03. The van der Waals surface area contributed by atoms with Crippen LogP contribution < -0.4 is 5.32 Å². The largest absolute Gasteiger partial charge is 0.481 e. The second kappa shape index (κ2) is 5.73. The van der Waals surface area contributed by atoms with Crippen molar-refractivity contribution in [2.75, 3.05) is 18.4 Å². The molecule has 2 amide bonds. The maximum atomic E-state index is 12.0. The van der Waals surface area contributed by atoms with E-state index in [1.54, 1.807) is 29.0 Å². The van der Waals surface area contributed by atoms with Crippen LogP contribution in [0, 0.1) is 5.92 Å². The number of amides is 2. The molecular formula is C12H18N4O3. The number of carboxylic acid groups (broad SMARTS) is 1. The Morgan fingerprint density at radius 2 is 2.16 bits per heavy atom. The number of piperidine rings is 1. The molecule has 0 aromatic carbocycles. The average molecular weight is 266 g/mol. The molecule has 1 aliphatic heterocycles. The summed E-state index contributed by atoms with van der Waals surface area (Å²) >= 11 is 0. The van der Waals surface area contributed by atoms with E-state index in [1.807, 2.05) is 0 Å². The molecule has 0 spiro atoms. The van der Waals surface area contributed by atoms with E-state index in [0.29, 0.717) is 18.8 Å². The van der Waals surface area contributed by atoms with Crippen molar-refractivity contribution < 1.29 is 14.7 Å². The minimum Gasteiger partial charge on any atom is -0.481 e. The molecular weight excluding hydrogens is 248 g/mol. The van der Waals surface area contributed by atoms with Gasteiger partial charge in [0, 0.05) is 32.8 Å². The summed E-state index contributed by atoms with van der Waals surface area (Å²) in [6.07, 6.45) is 5.00. The number of aryl methyl sites for hydroxylation is 1. The van der Waals surface area contributed by atoms with Crippen LogP contribution in [-0.2, 0) is 11.8 Å². The standard InChI is InChI=1S/C12H18N4O3/c1-15-8-10(7-13-15)14-12(19)16-4-2-9(3-5-16)6-11(17)18/h7-9H,2-6H2,1H3,(H,14,19)(H,17,18). The monoisotopic (exact) mass is 266 g/mol. The second-order valence-electron chi connectivity index (χ2n) is 4.86. The van der Waals surface area contributed by atoms with Gasteiger partial charge in [-0.15, -0.1) is 0 Å². The number of aliphatic carboxylic acids is 1. The molecule has 1 aromatic heterocycles. The Hall–Kier alpha value is -2.05. The molecule has 104 valence electrons. The van der Waals surface area contributed by atoms with Gasteiger partial charge in [0.15, 0.2) is 0 Å². The number of likely N-dealkylation sites (tertiary alicyclic amines) is 1. The summed E-state index contributed by atoms with van der Waals surface area (Å²) in [6.45, 7) is 1.20. The summed E-state index contributed by atoms with van der Waals surface area (Å²) in [5.74, 6) is -0.585. The van der Waals surface area contributed by atoms with Gasteiger partial charge in [-0.2, -0.15) is 5.10 Å². The lowest BCUT2D eigenvalue weighted by molar-refractivity contribution is -0.138. The fourth-order valence-electron chi connectivity index (χ4n) is 2.28. The van der Waals surface area contributed by atoms with Crippen molar-refractivity contribution in [3.63, 3.8) is 0 Å². The van der Waals surface area contributed by atoms with Crippen LogP contribution in [0.2, 0.25) is 0 Å². The van der Waals surface area contributed by atoms with Gasteiger partial charge in [-0.3, -0.25) is 9.48 Å². The molecule has 0 aliphatic carbocycles. The molecule has 0 saturated carbocycles. The number of hydrogen-bond donors (Lipinski definition) is 2. The topological polar surface area (TPSA) is 87.5 Å². The molecule has 0 atom stereocenters. The number of aromatic nitrogens is 2. The van der Waals surface area contributed by atoms with Crippen molar-refractivity contribution in [2.45, 2.75) is 19.3 Å². The predicted octanol–water partition coefficient (Wildman–Crippen LogP) is 1.14. The van der Waals surface area contributed by atoms with Gasteiger partial charge in [0.25, 0.3) is 0 Å². The molecule has 1 saturated heterocycles. The Morgan fingerprint density at radius 3 is 2.68 bits per heavy atom. The molecule has 0 bridgehead atoms. The average Bonchev–Trinajstić information content (AvgIpc) is 2.75. The molecule has 7 heteroatoms. The second-order valence-corrected chi connectivity index (χ2v) is 4.86. The lowest BCUT2D eigenvalue weighted by Gasteiger charge is -2.31. The highest BCUT2D eigenvalue weighted by molar-refractivity contribution is 5.89. The summed E-state index contributed by atoms with van der Waals surface area (Å²) in [7, 11) is 1.78. The van der Waals surface area contributed by atoms with Crippen LogP contribution in [0.15, 0.2) is 12.4 Å². The molecule has 0 unspecified atom stereocenters. The first-order valence-electron chi connectivity index (χ1n) is 6.31. The molecule has 1 fully saturated rings. The van der Waals surface area contributed by atoms with Crippen LogP contribution in [0.4, 0.5) is 10.5 Å². The van der Waals surface area contributed by atoms with Crippen molar-refractivity contribution in [2.24, 2.45) is 13.0 Å². The smallest absolute Gasteiger partial charge is 0.321 e. The van der Waals surface area contributed by atoms with Gasteiger partial charge in [-0.05, 0) is 18.8 Å². The highest BCUT2D eigenvalue weighted by atomic mass is 16.4. The van der Waals surface area contributed by atoms with E-state index in [0.717, 1.165) is 12.8 Å². The molecule has 7 nitrogen and oxygen atoms in total.